The van der Waals surface area contributed by atoms with E-state index in [-0.39, 0.29) is 5.41 Å². The Hall–Kier alpha value is -0.790. The Kier molecular flexibility index (Phi) is 3.35. The molecule has 1 aliphatic rings. The van der Waals surface area contributed by atoms with Crippen molar-refractivity contribution in [3.8, 4) is 0 Å². The second kappa shape index (κ2) is 4.16. The van der Waals surface area contributed by atoms with Gasteiger partial charge in [-0.05, 0) is 32.1 Å². The van der Waals surface area contributed by atoms with Gasteiger partial charge in [0.1, 0.15) is 0 Å². The number of carbonyl (C=O) groups is 1. The quantitative estimate of drug-likeness (QED) is 0.687. The lowest BCUT2D eigenvalue weighted by Crippen LogP contribution is -2.28. The summed E-state index contributed by atoms with van der Waals surface area (Å²) in [5.41, 5.74) is 1.53. The van der Waals surface area contributed by atoms with Crippen LogP contribution in [0.1, 0.15) is 52.9 Å². The number of carboxylic acids is 1. The van der Waals surface area contributed by atoms with Crippen molar-refractivity contribution in [1.82, 2.24) is 0 Å². The molecule has 0 amide bonds. The Labute approximate surface area is 86.0 Å². The molecule has 0 aromatic rings. The zero-order valence-corrected chi connectivity index (χ0v) is 9.39. The molecule has 2 nitrogen and oxygen atoms in total. The third-order valence-electron chi connectivity index (χ3n) is 3.27. The first kappa shape index (κ1) is 11.3. The molecule has 2 heteroatoms. The van der Waals surface area contributed by atoms with Crippen LogP contribution in [0.2, 0.25) is 0 Å². The Morgan fingerprint density at radius 1 is 1.14 bits per heavy atom. The van der Waals surface area contributed by atoms with Crippen LogP contribution in [0.5, 0.6) is 0 Å². The van der Waals surface area contributed by atoms with Crippen LogP contribution in [0.3, 0.4) is 0 Å². The maximum atomic E-state index is 11.2. The Morgan fingerprint density at radius 3 is 2.00 bits per heavy atom. The number of hydrogen-bond acceptors (Lipinski definition) is 1. The maximum Gasteiger partial charge on any atom is 0.332 e. The van der Waals surface area contributed by atoms with Gasteiger partial charge in [0.2, 0.25) is 0 Å². The van der Waals surface area contributed by atoms with Gasteiger partial charge in [0, 0.05) is 5.57 Å². The summed E-state index contributed by atoms with van der Waals surface area (Å²) < 4.78 is 0. The highest BCUT2D eigenvalue weighted by Crippen LogP contribution is 2.43. The smallest absolute Gasteiger partial charge is 0.332 e. The van der Waals surface area contributed by atoms with Gasteiger partial charge in [-0.15, -0.1) is 0 Å². The van der Waals surface area contributed by atoms with Crippen molar-refractivity contribution < 1.29 is 9.90 Å². The average molecular weight is 196 g/mol. The van der Waals surface area contributed by atoms with Gasteiger partial charge >= 0.3 is 5.97 Å². The molecule has 0 aliphatic heterocycles. The van der Waals surface area contributed by atoms with Gasteiger partial charge in [0.25, 0.3) is 0 Å². The average Bonchev–Trinajstić information content (AvgIpc) is 2.02. The first-order chi connectivity index (χ1) is 6.47. The summed E-state index contributed by atoms with van der Waals surface area (Å²) in [4.78, 5) is 11.2. The SMILES string of the molecule is CC(C)=C(C(=O)O)C1(C)CCCCC1. The molecule has 0 spiro atoms. The van der Waals surface area contributed by atoms with Crippen LogP contribution >= 0.6 is 0 Å². The van der Waals surface area contributed by atoms with Crippen LogP contribution in [-0.2, 0) is 4.79 Å². The molecule has 1 fully saturated rings. The third kappa shape index (κ3) is 2.17. The molecule has 1 saturated carbocycles. The van der Waals surface area contributed by atoms with Gasteiger partial charge in [-0.2, -0.15) is 0 Å². The topological polar surface area (TPSA) is 37.3 Å². The molecule has 0 unspecified atom stereocenters. The second-order valence-electron chi connectivity index (χ2n) is 4.80. The summed E-state index contributed by atoms with van der Waals surface area (Å²) >= 11 is 0. The molecule has 0 bridgehead atoms. The predicted octanol–water partition coefficient (Wildman–Crippen LogP) is 3.38. The molecule has 1 N–H and O–H groups in total. The molecular formula is C12H20O2. The molecule has 0 aromatic heterocycles. The van der Waals surface area contributed by atoms with Crippen molar-refractivity contribution in [2.75, 3.05) is 0 Å². The van der Waals surface area contributed by atoms with E-state index in [1.165, 1.54) is 19.3 Å². The lowest BCUT2D eigenvalue weighted by Gasteiger charge is -2.35. The lowest BCUT2D eigenvalue weighted by molar-refractivity contribution is -0.134. The van der Waals surface area contributed by atoms with Gasteiger partial charge in [-0.1, -0.05) is 31.8 Å². The minimum atomic E-state index is -0.727. The summed E-state index contributed by atoms with van der Waals surface area (Å²) in [6.07, 6.45) is 5.64. The first-order valence-electron chi connectivity index (χ1n) is 5.38. The number of aliphatic carboxylic acids is 1. The van der Waals surface area contributed by atoms with Gasteiger partial charge in [-0.3, -0.25) is 0 Å². The van der Waals surface area contributed by atoms with Gasteiger partial charge in [-0.25, -0.2) is 4.79 Å². The van der Waals surface area contributed by atoms with E-state index in [0.29, 0.717) is 5.57 Å². The monoisotopic (exact) mass is 196 g/mol. The van der Waals surface area contributed by atoms with E-state index < -0.39 is 5.97 Å². The van der Waals surface area contributed by atoms with E-state index in [0.717, 1.165) is 18.4 Å². The van der Waals surface area contributed by atoms with Crippen LogP contribution in [0, 0.1) is 5.41 Å². The molecule has 0 atom stereocenters. The molecule has 14 heavy (non-hydrogen) atoms. The minimum Gasteiger partial charge on any atom is -0.478 e. The highest BCUT2D eigenvalue weighted by molar-refractivity contribution is 5.89. The summed E-state index contributed by atoms with van der Waals surface area (Å²) in [5.74, 6) is -0.727. The molecular weight excluding hydrogens is 176 g/mol. The lowest BCUT2D eigenvalue weighted by atomic mass is 9.69. The zero-order chi connectivity index (χ0) is 10.8. The summed E-state index contributed by atoms with van der Waals surface area (Å²) in [7, 11) is 0. The maximum absolute atomic E-state index is 11.2. The molecule has 1 aliphatic carbocycles. The Balaban J connectivity index is 2.98. The van der Waals surface area contributed by atoms with E-state index in [1.807, 2.05) is 13.8 Å². The van der Waals surface area contributed by atoms with Crippen molar-refractivity contribution in [2.45, 2.75) is 52.9 Å². The summed E-state index contributed by atoms with van der Waals surface area (Å²) in [6, 6.07) is 0. The standard InChI is InChI=1S/C12H20O2/c1-9(2)10(11(13)14)12(3)7-5-4-6-8-12/h4-8H2,1-3H3,(H,13,14). The summed E-state index contributed by atoms with van der Waals surface area (Å²) in [5, 5.41) is 9.20. The van der Waals surface area contributed by atoms with Gasteiger partial charge in [0.15, 0.2) is 0 Å². The largest absolute Gasteiger partial charge is 0.478 e. The van der Waals surface area contributed by atoms with Crippen molar-refractivity contribution >= 4 is 5.97 Å². The van der Waals surface area contributed by atoms with Crippen LogP contribution in [0.25, 0.3) is 0 Å². The van der Waals surface area contributed by atoms with Crippen molar-refractivity contribution in [2.24, 2.45) is 5.41 Å². The van der Waals surface area contributed by atoms with Gasteiger partial charge < -0.3 is 5.11 Å². The molecule has 1 rings (SSSR count). The number of hydrogen-bond donors (Lipinski definition) is 1. The second-order valence-corrected chi connectivity index (χ2v) is 4.80. The zero-order valence-electron chi connectivity index (χ0n) is 9.39. The first-order valence-corrected chi connectivity index (χ1v) is 5.38. The molecule has 0 aromatic carbocycles. The van der Waals surface area contributed by atoms with E-state index in [9.17, 15) is 9.90 Å². The Morgan fingerprint density at radius 2 is 1.64 bits per heavy atom. The molecule has 0 saturated heterocycles. The summed E-state index contributed by atoms with van der Waals surface area (Å²) in [6.45, 7) is 5.91. The van der Waals surface area contributed by atoms with Gasteiger partial charge in [0.05, 0.1) is 0 Å². The van der Waals surface area contributed by atoms with Crippen LogP contribution in [0.4, 0.5) is 0 Å². The third-order valence-corrected chi connectivity index (χ3v) is 3.27. The number of carboxylic acid groups (broad SMARTS) is 1. The number of allylic oxidation sites excluding steroid dienone is 1. The predicted molar refractivity (Wildman–Crippen MR) is 57.2 cm³/mol. The molecule has 0 radical (unpaired) electrons. The normalized spacial score (nSPS) is 20.2. The fourth-order valence-electron chi connectivity index (χ4n) is 2.66. The molecule has 0 heterocycles. The van der Waals surface area contributed by atoms with E-state index in [1.54, 1.807) is 0 Å². The van der Waals surface area contributed by atoms with E-state index in [4.69, 9.17) is 0 Å². The van der Waals surface area contributed by atoms with Crippen LogP contribution < -0.4 is 0 Å². The highest BCUT2D eigenvalue weighted by atomic mass is 16.4. The van der Waals surface area contributed by atoms with Crippen LogP contribution in [0.15, 0.2) is 11.1 Å². The Bertz CT molecular complexity index is 253. The van der Waals surface area contributed by atoms with E-state index >= 15 is 0 Å². The number of rotatable bonds is 2. The molecule has 80 valence electrons. The van der Waals surface area contributed by atoms with E-state index in [2.05, 4.69) is 6.92 Å². The van der Waals surface area contributed by atoms with Crippen molar-refractivity contribution in [3.05, 3.63) is 11.1 Å². The highest BCUT2D eigenvalue weighted by Gasteiger charge is 2.35. The van der Waals surface area contributed by atoms with Crippen molar-refractivity contribution in [1.29, 1.82) is 0 Å². The fraction of sp³-hybridized carbons (Fsp3) is 0.750. The minimum absolute atomic E-state index is 0.0804. The fourth-order valence-corrected chi connectivity index (χ4v) is 2.66. The van der Waals surface area contributed by atoms with Crippen molar-refractivity contribution in [3.63, 3.8) is 0 Å². The van der Waals surface area contributed by atoms with Crippen LogP contribution in [-0.4, -0.2) is 11.1 Å².